The number of hydrogen-bond donors (Lipinski definition) is 2. The highest BCUT2D eigenvalue weighted by atomic mass is 16.5. The molecule has 0 unspecified atom stereocenters. The third-order valence-electron chi connectivity index (χ3n) is 1.79. The molecular weight excluding hydrogens is 184 g/mol. The number of aliphatic hydroxyl groups excluding tert-OH is 1. The fourth-order valence-corrected chi connectivity index (χ4v) is 1.03. The second kappa shape index (κ2) is 4.57. The van der Waals surface area contributed by atoms with Crippen molar-refractivity contribution in [3.63, 3.8) is 0 Å². The zero-order valence-corrected chi connectivity index (χ0v) is 7.86. The molecule has 1 rings (SSSR count). The summed E-state index contributed by atoms with van der Waals surface area (Å²) in [6, 6.07) is 3.23. The van der Waals surface area contributed by atoms with Gasteiger partial charge in [0.25, 0.3) is 0 Å². The molecule has 2 N–H and O–H groups in total. The van der Waals surface area contributed by atoms with E-state index in [2.05, 4.69) is 0 Å². The molecule has 0 atom stereocenters. The zero-order chi connectivity index (χ0) is 10.6. The first-order chi connectivity index (χ1) is 6.67. The summed E-state index contributed by atoms with van der Waals surface area (Å²) in [7, 11) is 1.48. The number of aliphatic hydroxyl groups is 1. The van der Waals surface area contributed by atoms with Crippen LogP contribution in [0.15, 0.2) is 18.3 Å². The Balaban J connectivity index is 2.83. The normalized spacial score (nSPS) is 9.86. The number of hydrogen-bond acceptors (Lipinski definition) is 4. The molecule has 14 heavy (non-hydrogen) atoms. The molecule has 0 saturated carbocycles. The molecule has 0 fully saturated rings. The largest absolute Gasteiger partial charge is 0.618 e. The smallest absolute Gasteiger partial charge is 0.222 e. The Kier molecular flexibility index (Phi) is 3.41. The molecule has 0 saturated heterocycles. The third kappa shape index (κ3) is 2.43. The number of rotatable bonds is 4. The van der Waals surface area contributed by atoms with E-state index >= 15 is 0 Å². The average molecular weight is 196 g/mol. The van der Waals surface area contributed by atoms with Crippen molar-refractivity contribution in [3.8, 4) is 5.75 Å². The lowest BCUT2D eigenvalue weighted by molar-refractivity contribution is -0.613. The lowest BCUT2D eigenvalue weighted by Crippen LogP contribution is -2.33. The predicted octanol–water partition coefficient (Wildman–Crippen LogP) is -0.117. The first kappa shape index (κ1) is 10.5. The van der Waals surface area contributed by atoms with Crippen LogP contribution in [-0.4, -0.2) is 24.5 Å². The molecule has 5 nitrogen and oxygen atoms in total. The quantitative estimate of drug-likeness (QED) is 0.400. The van der Waals surface area contributed by atoms with Gasteiger partial charge in [0.05, 0.1) is 20.1 Å². The lowest BCUT2D eigenvalue weighted by atomic mass is 10.2. The fraction of sp³-hybridized carbons (Fsp3) is 0.333. The maximum Gasteiger partial charge on any atom is 0.222 e. The van der Waals surface area contributed by atoms with Gasteiger partial charge in [-0.1, -0.05) is 0 Å². The molecular formula is C9H12N2O3. The highest BCUT2D eigenvalue weighted by molar-refractivity contribution is 5.83. The van der Waals surface area contributed by atoms with E-state index in [-0.39, 0.29) is 18.7 Å². The van der Waals surface area contributed by atoms with E-state index in [1.54, 1.807) is 12.1 Å². The average Bonchev–Trinajstić information content (AvgIpc) is 2.20. The molecule has 1 aromatic heterocycles. The molecule has 0 amide bonds. The van der Waals surface area contributed by atoms with Crippen LogP contribution in [0.3, 0.4) is 0 Å². The molecule has 5 heteroatoms. The van der Waals surface area contributed by atoms with Crippen LogP contribution in [-0.2, 0) is 6.42 Å². The first-order valence-electron chi connectivity index (χ1n) is 4.10. The SMILES string of the molecule is COc1ccc(CC(=N)CO)[n+]([O-])c1. The van der Waals surface area contributed by atoms with Gasteiger partial charge in [0, 0.05) is 11.8 Å². The van der Waals surface area contributed by atoms with Crippen LogP contribution < -0.4 is 9.47 Å². The monoisotopic (exact) mass is 196 g/mol. The Bertz CT molecular complexity index is 339. The van der Waals surface area contributed by atoms with Gasteiger partial charge in [-0.25, -0.2) is 0 Å². The predicted molar refractivity (Wildman–Crippen MR) is 50.5 cm³/mol. The van der Waals surface area contributed by atoms with Crippen LogP contribution in [0, 0.1) is 10.6 Å². The molecule has 76 valence electrons. The molecule has 0 radical (unpaired) electrons. The Morgan fingerprint density at radius 1 is 1.64 bits per heavy atom. The van der Waals surface area contributed by atoms with Gasteiger partial charge in [-0.15, -0.1) is 0 Å². The molecule has 0 aliphatic rings. The number of nitrogens with one attached hydrogen (secondary N) is 1. The van der Waals surface area contributed by atoms with E-state index in [1.807, 2.05) is 0 Å². The fourth-order valence-electron chi connectivity index (χ4n) is 1.03. The molecule has 0 aromatic carbocycles. The minimum absolute atomic E-state index is 0.111. The molecule has 0 aliphatic heterocycles. The van der Waals surface area contributed by atoms with E-state index < -0.39 is 0 Å². The van der Waals surface area contributed by atoms with E-state index in [0.29, 0.717) is 16.2 Å². The van der Waals surface area contributed by atoms with E-state index in [4.69, 9.17) is 15.3 Å². The first-order valence-corrected chi connectivity index (χ1v) is 4.10. The Morgan fingerprint density at radius 3 is 2.86 bits per heavy atom. The van der Waals surface area contributed by atoms with Gasteiger partial charge in [0.15, 0.2) is 11.4 Å². The molecule has 0 spiro atoms. The summed E-state index contributed by atoms with van der Waals surface area (Å²) in [5.74, 6) is 0.472. The molecule has 0 aliphatic carbocycles. The van der Waals surface area contributed by atoms with E-state index in [0.717, 1.165) is 0 Å². The number of ether oxygens (including phenoxy) is 1. The zero-order valence-electron chi connectivity index (χ0n) is 7.86. The summed E-state index contributed by atoms with van der Waals surface area (Å²) in [5.41, 5.74) is 0.532. The van der Waals surface area contributed by atoms with Crippen LogP contribution in [0.4, 0.5) is 0 Å². The maximum atomic E-state index is 11.3. The highest BCUT2D eigenvalue weighted by Crippen LogP contribution is 2.06. The summed E-state index contributed by atoms with van der Waals surface area (Å²) < 4.78 is 5.50. The highest BCUT2D eigenvalue weighted by Gasteiger charge is 2.08. The van der Waals surface area contributed by atoms with Crippen LogP contribution in [0.5, 0.6) is 5.75 Å². The van der Waals surface area contributed by atoms with Gasteiger partial charge in [0.1, 0.15) is 0 Å². The van der Waals surface area contributed by atoms with Crippen molar-refractivity contribution in [2.24, 2.45) is 0 Å². The number of nitrogens with zero attached hydrogens (tertiary/aromatic N) is 1. The van der Waals surface area contributed by atoms with Gasteiger partial charge in [0.2, 0.25) is 6.20 Å². The topological polar surface area (TPSA) is 80.2 Å². The summed E-state index contributed by atoms with van der Waals surface area (Å²) in [6.45, 7) is -0.327. The van der Waals surface area contributed by atoms with E-state index in [9.17, 15) is 5.21 Å². The van der Waals surface area contributed by atoms with Crippen LogP contribution in [0.1, 0.15) is 5.69 Å². The molecule has 1 heterocycles. The minimum atomic E-state index is -0.327. The minimum Gasteiger partial charge on any atom is -0.618 e. The van der Waals surface area contributed by atoms with Crippen molar-refractivity contribution in [3.05, 3.63) is 29.2 Å². The molecule has 1 aromatic rings. The maximum absolute atomic E-state index is 11.3. The number of aromatic nitrogens is 1. The van der Waals surface area contributed by atoms with Crippen LogP contribution >= 0.6 is 0 Å². The second-order valence-corrected chi connectivity index (χ2v) is 2.82. The Hall–Kier alpha value is -1.62. The summed E-state index contributed by atoms with van der Waals surface area (Å²) >= 11 is 0. The van der Waals surface area contributed by atoms with Crippen molar-refractivity contribution in [2.45, 2.75) is 6.42 Å². The van der Waals surface area contributed by atoms with E-state index in [1.165, 1.54) is 13.3 Å². The van der Waals surface area contributed by atoms with Crippen molar-refractivity contribution in [2.75, 3.05) is 13.7 Å². The van der Waals surface area contributed by atoms with Crippen LogP contribution in [0.2, 0.25) is 0 Å². The van der Waals surface area contributed by atoms with Gasteiger partial charge in [-0.3, -0.25) is 0 Å². The Labute approximate surface area is 81.7 Å². The van der Waals surface area contributed by atoms with Crippen molar-refractivity contribution in [1.82, 2.24) is 0 Å². The second-order valence-electron chi connectivity index (χ2n) is 2.82. The van der Waals surface area contributed by atoms with Crippen LogP contribution in [0.25, 0.3) is 0 Å². The number of pyridine rings is 1. The van der Waals surface area contributed by atoms with Crippen molar-refractivity contribution in [1.29, 1.82) is 5.41 Å². The lowest BCUT2D eigenvalue weighted by Gasteiger charge is -2.05. The van der Waals surface area contributed by atoms with Gasteiger partial charge >= 0.3 is 0 Å². The van der Waals surface area contributed by atoms with Gasteiger partial charge < -0.3 is 20.5 Å². The molecule has 0 bridgehead atoms. The van der Waals surface area contributed by atoms with Gasteiger partial charge in [-0.05, 0) is 6.07 Å². The summed E-state index contributed by atoms with van der Waals surface area (Å²) in [5, 5.41) is 27.2. The van der Waals surface area contributed by atoms with Crippen molar-refractivity contribution < 1.29 is 14.6 Å². The Morgan fingerprint density at radius 2 is 2.36 bits per heavy atom. The standard InChI is InChI=1S/C9H12N2O3/c1-14-9-3-2-8(11(13)5-9)4-7(10)6-12/h2-3,5,10,12H,4,6H2,1H3. The summed E-state index contributed by atoms with van der Waals surface area (Å²) in [6.07, 6.45) is 1.45. The summed E-state index contributed by atoms with van der Waals surface area (Å²) in [4.78, 5) is 0. The van der Waals surface area contributed by atoms with Crippen molar-refractivity contribution >= 4 is 5.71 Å². The number of methoxy groups -OCH3 is 1. The van der Waals surface area contributed by atoms with Gasteiger partial charge in [-0.2, -0.15) is 4.73 Å². The third-order valence-corrected chi connectivity index (χ3v) is 1.79.